The Hall–Kier alpha value is -3.65. The molecular weight excluding hydrogens is 482 g/mol. The van der Waals surface area contributed by atoms with E-state index in [0.717, 1.165) is 50.0 Å². The number of nitrogens with two attached hydrogens (primary N) is 1. The van der Waals surface area contributed by atoms with E-state index in [2.05, 4.69) is 35.9 Å². The third-order valence-corrected chi connectivity index (χ3v) is 6.81. The molecule has 0 unspecified atom stereocenters. The monoisotopic (exact) mass is 509 g/mol. The highest BCUT2D eigenvalue weighted by molar-refractivity contribution is 6.28. The van der Waals surface area contributed by atoms with Gasteiger partial charge in [0, 0.05) is 44.0 Å². The number of nitriles is 1. The first-order valence-corrected chi connectivity index (χ1v) is 12.4. The highest BCUT2D eigenvalue weighted by Gasteiger charge is 2.36. The maximum absolute atomic E-state index is 8.92. The Labute approximate surface area is 214 Å². The van der Waals surface area contributed by atoms with Crippen LogP contribution in [0.25, 0.3) is 11.3 Å². The molecule has 188 valence electrons. The maximum Gasteiger partial charge on any atom is 0.322 e. The van der Waals surface area contributed by atoms with Crippen molar-refractivity contribution in [1.29, 1.82) is 5.26 Å². The molecule has 0 radical (unpaired) electrons. The van der Waals surface area contributed by atoms with Gasteiger partial charge in [-0.05, 0) is 55.2 Å². The number of imidazole rings is 1. The summed E-state index contributed by atoms with van der Waals surface area (Å²) in [7, 11) is 1.92. The summed E-state index contributed by atoms with van der Waals surface area (Å²) >= 11 is 6.13. The van der Waals surface area contributed by atoms with Gasteiger partial charge in [-0.15, -0.1) is 0 Å². The number of anilines is 2. The summed E-state index contributed by atoms with van der Waals surface area (Å²) in [6.07, 6.45) is 8.94. The summed E-state index contributed by atoms with van der Waals surface area (Å²) in [4.78, 5) is 23.6. The van der Waals surface area contributed by atoms with Crippen LogP contribution in [0.4, 0.5) is 11.8 Å². The number of nitrogens with zero attached hydrogens (tertiary/aromatic N) is 8. The van der Waals surface area contributed by atoms with Gasteiger partial charge in [-0.3, -0.25) is 0 Å². The van der Waals surface area contributed by atoms with Gasteiger partial charge in [0.15, 0.2) is 11.6 Å². The minimum atomic E-state index is 0.109. The molecular formula is C24H28ClN9O2. The Bertz CT molecular complexity index is 1250. The molecule has 0 aromatic carbocycles. The molecule has 0 amide bonds. The number of pyridine rings is 1. The fourth-order valence-corrected chi connectivity index (χ4v) is 4.48. The first-order chi connectivity index (χ1) is 17.5. The predicted octanol–water partition coefficient (Wildman–Crippen LogP) is 3.13. The van der Waals surface area contributed by atoms with Gasteiger partial charge in [0.25, 0.3) is 0 Å². The first kappa shape index (κ1) is 24.1. The third-order valence-electron chi connectivity index (χ3n) is 6.64. The van der Waals surface area contributed by atoms with E-state index in [1.54, 1.807) is 12.5 Å². The molecule has 11 nitrogen and oxygen atoms in total. The maximum atomic E-state index is 8.92. The van der Waals surface area contributed by atoms with Crippen LogP contribution in [0.15, 0.2) is 24.8 Å². The molecule has 0 bridgehead atoms. The zero-order valence-corrected chi connectivity index (χ0v) is 20.8. The lowest BCUT2D eigenvalue weighted by molar-refractivity contribution is 0.222. The van der Waals surface area contributed by atoms with E-state index in [1.165, 1.54) is 0 Å². The van der Waals surface area contributed by atoms with Gasteiger partial charge in [0.2, 0.25) is 11.2 Å². The molecule has 3 aromatic heterocycles. The van der Waals surface area contributed by atoms with Crippen LogP contribution in [0, 0.1) is 29.1 Å². The van der Waals surface area contributed by atoms with E-state index >= 15 is 0 Å². The van der Waals surface area contributed by atoms with Crippen LogP contribution in [0.2, 0.25) is 5.28 Å². The Morgan fingerprint density at radius 3 is 2.75 bits per heavy atom. The van der Waals surface area contributed by atoms with Crippen molar-refractivity contribution in [2.24, 2.45) is 24.8 Å². The van der Waals surface area contributed by atoms with Gasteiger partial charge in [-0.2, -0.15) is 20.2 Å². The smallest absolute Gasteiger partial charge is 0.322 e. The van der Waals surface area contributed by atoms with Crippen molar-refractivity contribution in [2.45, 2.75) is 25.7 Å². The number of rotatable bonds is 9. The molecule has 12 heteroatoms. The Morgan fingerprint density at radius 1 is 1.19 bits per heavy atom. The van der Waals surface area contributed by atoms with Crippen molar-refractivity contribution in [3.63, 3.8) is 0 Å². The molecule has 1 aliphatic carbocycles. The van der Waals surface area contributed by atoms with E-state index in [9.17, 15) is 0 Å². The van der Waals surface area contributed by atoms with Crippen LogP contribution in [0.5, 0.6) is 11.8 Å². The van der Waals surface area contributed by atoms with Crippen molar-refractivity contribution in [2.75, 3.05) is 36.9 Å². The average Bonchev–Trinajstić information content (AvgIpc) is 3.51. The Balaban J connectivity index is 1.12. The van der Waals surface area contributed by atoms with Crippen molar-refractivity contribution in [1.82, 2.24) is 29.5 Å². The third kappa shape index (κ3) is 5.76. The van der Waals surface area contributed by atoms with Gasteiger partial charge in [-0.25, -0.2) is 9.97 Å². The molecule has 1 saturated heterocycles. The molecule has 0 spiro atoms. The molecule has 4 heterocycles. The van der Waals surface area contributed by atoms with Gasteiger partial charge in [0.1, 0.15) is 0 Å². The van der Waals surface area contributed by atoms with Gasteiger partial charge >= 0.3 is 6.01 Å². The Kier molecular flexibility index (Phi) is 7.04. The van der Waals surface area contributed by atoms with Gasteiger partial charge in [-0.1, -0.05) is 0 Å². The van der Waals surface area contributed by atoms with Crippen LogP contribution >= 0.6 is 11.6 Å². The highest BCUT2D eigenvalue weighted by Crippen LogP contribution is 2.40. The van der Waals surface area contributed by atoms with Crippen molar-refractivity contribution in [3.8, 4) is 29.1 Å². The van der Waals surface area contributed by atoms with E-state index in [-0.39, 0.29) is 17.2 Å². The zero-order valence-electron chi connectivity index (χ0n) is 20.0. The summed E-state index contributed by atoms with van der Waals surface area (Å²) < 4.78 is 13.6. The van der Waals surface area contributed by atoms with Crippen molar-refractivity contribution >= 4 is 23.4 Å². The normalized spacial score (nSPS) is 19.6. The number of halogens is 1. The number of ether oxygens (including phenoxy) is 2. The summed E-state index contributed by atoms with van der Waals surface area (Å²) in [5.41, 5.74) is 7.74. The molecule has 3 aromatic rings. The van der Waals surface area contributed by atoms with E-state index in [4.69, 9.17) is 32.1 Å². The minimum absolute atomic E-state index is 0.109. The minimum Gasteiger partial charge on any atom is -0.489 e. The fourth-order valence-electron chi connectivity index (χ4n) is 4.33. The van der Waals surface area contributed by atoms with Crippen LogP contribution in [0.1, 0.15) is 25.7 Å². The number of aromatic nitrogens is 6. The standard InChI is InChI=1S/C24H28ClN9O2/c1-33-12-19(29-14-33)18-9-20(21(27)28-11-18)36-13-15-2-5-34(6-3-15)23-30-22(25)31-24(32-23)35-7-4-16-8-17(16)10-26/h9,11-12,14-17H,2-8,13H2,1H3,(H2,27,28)/t16-,17-/m1/s1. The second kappa shape index (κ2) is 10.5. The topological polar surface area (TPSA) is 141 Å². The second-order valence-electron chi connectivity index (χ2n) is 9.33. The lowest BCUT2D eigenvalue weighted by Crippen LogP contribution is -2.36. The highest BCUT2D eigenvalue weighted by atomic mass is 35.5. The van der Waals surface area contributed by atoms with Gasteiger partial charge < -0.3 is 24.7 Å². The predicted molar refractivity (Wildman–Crippen MR) is 133 cm³/mol. The Morgan fingerprint density at radius 2 is 2.03 bits per heavy atom. The number of nitrogen functional groups attached to an aromatic ring is 1. The van der Waals surface area contributed by atoms with Crippen LogP contribution in [-0.4, -0.2) is 55.8 Å². The van der Waals surface area contributed by atoms with E-state index in [0.29, 0.717) is 42.6 Å². The number of hydrogen-bond acceptors (Lipinski definition) is 10. The average molecular weight is 510 g/mol. The quantitative estimate of drug-likeness (QED) is 0.457. The summed E-state index contributed by atoms with van der Waals surface area (Å²) in [5.74, 6) is 2.38. The molecule has 2 fully saturated rings. The zero-order chi connectivity index (χ0) is 25.1. The van der Waals surface area contributed by atoms with Crippen molar-refractivity contribution in [3.05, 3.63) is 30.1 Å². The summed E-state index contributed by atoms with van der Waals surface area (Å²) in [6.45, 7) is 2.53. The molecule has 2 N–H and O–H groups in total. The van der Waals surface area contributed by atoms with E-state index in [1.807, 2.05) is 23.9 Å². The molecule has 36 heavy (non-hydrogen) atoms. The molecule has 5 rings (SSSR count). The molecule has 2 atom stereocenters. The lowest BCUT2D eigenvalue weighted by atomic mass is 9.98. The molecule has 2 aliphatic rings. The van der Waals surface area contributed by atoms with Crippen LogP contribution in [-0.2, 0) is 7.05 Å². The van der Waals surface area contributed by atoms with E-state index < -0.39 is 0 Å². The van der Waals surface area contributed by atoms with Gasteiger partial charge in [0.05, 0.1) is 31.3 Å². The fraction of sp³-hybridized carbons (Fsp3) is 0.500. The first-order valence-electron chi connectivity index (χ1n) is 12.0. The molecule has 1 saturated carbocycles. The summed E-state index contributed by atoms with van der Waals surface area (Å²) in [5, 5.41) is 9.03. The van der Waals surface area contributed by atoms with Crippen molar-refractivity contribution < 1.29 is 9.47 Å². The molecule has 1 aliphatic heterocycles. The second-order valence-corrected chi connectivity index (χ2v) is 9.67. The number of hydrogen-bond donors (Lipinski definition) is 1. The largest absolute Gasteiger partial charge is 0.489 e. The summed E-state index contributed by atoms with van der Waals surface area (Å²) in [6, 6.07) is 4.40. The number of aryl methyl sites for hydroxylation is 1. The van der Waals surface area contributed by atoms with Crippen LogP contribution < -0.4 is 20.1 Å². The number of piperidine rings is 1. The SMILES string of the molecule is Cn1cnc(-c2cnc(N)c(OCC3CCN(c4nc(Cl)nc(OCC[C@@H]5C[C@@H]5C#N)n4)CC3)c2)c1. The lowest BCUT2D eigenvalue weighted by Gasteiger charge is -2.31. The van der Waals surface area contributed by atoms with Crippen LogP contribution in [0.3, 0.4) is 0 Å².